The second-order valence-corrected chi connectivity index (χ2v) is 6.21. The van der Waals surface area contributed by atoms with E-state index in [-0.39, 0.29) is 14.7 Å². The maximum absolute atomic E-state index is 10.5. The first-order chi connectivity index (χ1) is 5.91. The van der Waals surface area contributed by atoms with Crippen LogP contribution in [0.15, 0.2) is 0 Å². The number of rotatable bonds is 4. The normalized spacial score (nSPS) is 14.2. The van der Waals surface area contributed by atoms with Crippen LogP contribution in [-0.2, 0) is 10.1 Å². The number of hydrogen-bond acceptors (Lipinski definition) is 4. The van der Waals surface area contributed by atoms with E-state index in [1.807, 2.05) is 0 Å². The molecule has 0 radical (unpaired) electrons. The van der Waals surface area contributed by atoms with E-state index in [0.717, 1.165) is 0 Å². The smallest absolute Gasteiger partial charge is 0.271 e. The number of nitriles is 2. The fourth-order valence-corrected chi connectivity index (χ4v) is 2.39. The Kier molecular flexibility index (Phi) is 4.87. The molecule has 0 amide bonds. The summed E-state index contributed by atoms with van der Waals surface area (Å²) in [5.41, 5.74) is 0. The summed E-state index contributed by atoms with van der Waals surface area (Å²) in [6.45, 7) is 1.35. The van der Waals surface area contributed by atoms with Gasteiger partial charge in [-0.3, -0.25) is 4.55 Å². The molecule has 0 fully saturated rings. The maximum Gasteiger partial charge on any atom is 0.271 e. The highest BCUT2D eigenvalue weighted by atomic mass is 32.2. The Balaban J connectivity index is 4.08. The molecule has 0 spiro atoms. The summed E-state index contributed by atoms with van der Waals surface area (Å²) in [6, 6.07) is 3.46. The fourth-order valence-electron chi connectivity index (χ4n) is 0.509. The molecule has 0 heterocycles. The highest BCUT2D eigenvalue weighted by Gasteiger charge is 2.18. The molecule has 13 heavy (non-hydrogen) atoms. The third-order valence-electron chi connectivity index (χ3n) is 1.37. The molecule has 0 saturated heterocycles. The van der Waals surface area contributed by atoms with Gasteiger partial charge in [0.2, 0.25) is 0 Å². The van der Waals surface area contributed by atoms with E-state index < -0.39 is 21.0 Å². The molecular formula is C6H9N2O3PS. The molecule has 0 aliphatic carbocycles. The zero-order valence-electron chi connectivity index (χ0n) is 6.93. The van der Waals surface area contributed by atoms with Crippen LogP contribution in [0, 0.1) is 28.6 Å². The van der Waals surface area contributed by atoms with Crippen molar-refractivity contribution in [3.8, 4) is 12.1 Å². The van der Waals surface area contributed by atoms with Gasteiger partial charge in [0.15, 0.2) is 0 Å². The summed E-state index contributed by atoms with van der Waals surface area (Å²) in [5.74, 6) is -0.789. The van der Waals surface area contributed by atoms with Crippen molar-refractivity contribution in [2.24, 2.45) is 5.92 Å². The minimum absolute atomic E-state index is 0.132. The molecule has 0 aliphatic rings. The van der Waals surface area contributed by atoms with Crippen LogP contribution in [0.2, 0.25) is 0 Å². The quantitative estimate of drug-likeness (QED) is 0.551. The first-order valence-corrected chi connectivity index (χ1v) is 6.19. The molecule has 2 atom stereocenters. The Morgan fingerprint density at radius 3 is 2.23 bits per heavy atom. The van der Waals surface area contributed by atoms with Gasteiger partial charge in [-0.15, -0.1) is 0 Å². The average Bonchev–Trinajstić information content (AvgIpc) is 2.04. The second kappa shape index (κ2) is 5.14. The second-order valence-electron chi connectivity index (χ2n) is 2.38. The Morgan fingerprint density at radius 1 is 1.46 bits per heavy atom. The van der Waals surface area contributed by atoms with E-state index in [2.05, 4.69) is 0 Å². The lowest BCUT2D eigenvalue weighted by atomic mass is 10.2. The van der Waals surface area contributed by atoms with E-state index in [9.17, 15) is 8.42 Å². The van der Waals surface area contributed by atoms with Crippen LogP contribution in [0.1, 0.15) is 6.92 Å². The maximum atomic E-state index is 10.5. The van der Waals surface area contributed by atoms with Crippen molar-refractivity contribution in [1.29, 1.82) is 10.5 Å². The summed E-state index contributed by atoms with van der Waals surface area (Å²) in [6.07, 6.45) is 0.188. The van der Waals surface area contributed by atoms with Gasteiger partial charge in [0.05, 0.1) is 12.1 Å². The molecule has 0 aromatic heterocycles. The minimum atomic E-state index is -4.02. The lowest BCUT2D eigenvalue weighted by Gasteiger charge is -2.07. The predicted molar refractivity (Wildman–Crippen MR) is 48.9 cm³/mol. The monoisotopic (exact) mass is 220 g/mol. The van der Waals surface area contributed by atoms with Crippen molar-refractivity contribution < 1.29 is 13.0 Å². The minimum Gasteiger partial charge on any atom is -0.285 e. The van der Waals surface area contributed by atoms with Crippen LogP contribution in [0.3, 0.4) is 0 Å². The molecule has 5 nitrogen and oxygen atoms in total. The molecule has 0 aromatic rings. The van der Waals surface area contributed by atoms with E-state index >= 15 is 0 Å². The molecule has 1 N–H and O–H groups in total. The third-order valence-corrected chi connectivity index (χ3v) is 4.87. The Morgan fingerprint density at radius 2 is 1.92 bits per heavy atom. The fraction of sp³-hybridized carbons (Fsp3) is 0.667. The molecule has 2 unspecified atom stereocenters. The van der Waals surface area contributed by atoms with Crippen molar-refractivity contribution in [1.82, 2.24) is 0 Å². The largest absolute Gasteiger partial charge is 0.285 e. The van der Waals surface area contributed by atoms with Crippen molar-refractivity contribution in [3.63, 3.8) is 0 Å². The third kappa shape index (κ3) is 4.80. The summed E-state index contributed by atoms with van der Waals surface area (Å²) < 4.78 is 29.6. The van der Waals surface area contributed by atoms with Crippen LogP contribution in [0.5, 0.6) is 0 Å². The first-order valence-electron chi connectivity index (χ1n) is 3.40. The van der Waals surface area contributed by atoms with E-state index in [0.29, 0.717) is 0 Å². The SMILES string of the molecule is CC(PCC(C#N)C#N)S(=O)(=O)O. The zero-order valence-corrected chi connectivity index (χ0v) is 8.74. The van der Waals surface area contributed by atoms with E-state index in [4.69, 9.17) is 15.1 Å². The highest BCUT2D eigenvalue weighted by molar-refractivity contribution is 7.92. The lowest BCUT2D eigenvalue weighted by Crippen LogP contribution is -2.12. The molecular weight excluding hydrogens is 211 g/mol. The highest BCUT2D eigenvalue weighted by Crippen LogP contribution is 2.25. The standard InChI is InChI=1S/C6H9N2O3PS/c1-5(13(9,10)11)12-4-6(2-7)3-8/h5-6,12H,4H2,1H3,(H,9,10,11). The van der Waals surface area contributed by atoms with Crippen molar-refractivity contribution in [3.05, 3.63) is 0 Å². The Hall–Kier alpha value is -0.680. The molecule has 0 rings (SSSR count). The zero-order chi connectivity index (χ0) is 10.5. The van der Waals surface area contributed by atoms with Gasteiger partial charge < -0.3 is 0 Å². The van der Waals surface area contributed by atoms with Gasteiger partial charge in [0.1, 0.15) is 10.9 Å². The summed E-state index contributed by atoms with van der Waals surface area (Å²) >= 11 is 0. The van der Waals surface area contributed by atoms with Crippen LogP contribution in [0.4, 0.5) is 0 Å². The molecule has 0 saturated carbocycles. The summed E-state index contributed by atoms with van der Waals surface area (Å²) in [4.78, 5) is -0.892. The lowest BCUT2D eigenvalue weighted by molar-refractivity contribution is 0.481. The van der Waals surface area contributed by atoms with Crippen LogP contribution < -0.4 is 0 Å². The van der Waals surface area contributed by atoms with E-state index in [1.165, 1.54) is 6.92 Å². The van der Waals surface area contributed by atoms with Crippen LogP contribution in [0.25, 0.3) is 0 Å². The Bertz CT molecular complexity index is 326. The number of hydrogen-bond donors (Lipinski definition) is 1. The molecule has 0 aromatic carbocycles. The van der Waals surface area contributed by atoms with Crippen LogP contribution in [-0.4, -0.2) is 24.1 Å². The average molecular weight is 220 g/mol. The predicted octanol–water partition coefficient (Wildman–Crippen LogP) is 0.562. The topological polar surface area (TPSA) is 102 Å². The van der Waals surface area contributed by atoms with Crippen molar-refractivity contribution in [2.75, 3.05) is 6.16 Å². The summed E-state index contributed by atoms with van der Waals surface area (Å²) in [7, 11) is -4.15. The van der Waals surface area contributed by atoms with Crippen LogP contribution >= 0.6 is 8.58 Å². The molecule has 72 valence electrons. The Labute approximate surface area is 78.9 Å². The van der Waals surface area contributed by atoms with Gasteiger partial charge in [-0.2, -0.15) is 18.9 Å². The van der Waals surface area contributed by atoms with Gasteiger partial charge >= 0.3 is 0 Å². The van der Waals surface area contributed by atoms with Gasteiger partial charge in [0, 0.05) is 0 Å². The number of nitrogens with zero attached hydrogens (tertiary/aromatic N) is 2. The first kappa shape index (κ1) is 12.3. The van der Waals surface area contributed by atoms with Crippen molar-refractivity contribution >= 4 is 18.7 Å². The van der Waals surface area contributed by atoms with E-state index in [1.54, 1.807) is 12.1 Å². The van der Waals surface area contributed by atoms with Gasteiger partial charge in [-0.1, -0.05) is 8.58 Å². The molecule has 0 aliphatic heterocycles. The molecule has 7 heteroatoms. The van der Waals surface area contributed by atoms with Gasteiger partial charge in [-0.25, -0.2) is 0 Å². The van der Waals surface area contributed by atoms with Gasteiger partial charge in [-0.05, 0) is 13.1 Å². The van der Waals surface area contributed by atoms with Crippen molar-refractivity contribution in [2.45, 2.75) is 11.9 Å². The van der Waals surface area contributed by atoms with Gasteiger partial charge in [0.25, 0.3) is 10.1 Å². The summed E-state index contributed by atoms with van der Waals surface area (Å²) in [5, 5.41) is 16.7. The molecule has 0 bridgehead atoms.